The molecule has 5 nitrogen and oxygen atoms in total. The van der Waals surface area contributed by atoms with Gasteiger partial charge < -0.3 is 10.0 Å². The molecule has 1 aromatic rings. The van der Waals surface area contributed by atoms with E-state index in [1.807, 2.05) is 11.9 Å². The SMILES string of the molecule is CN(CC1CCS(=O)(=O)C1)c1cc(Cl)cc(CO)n1. The second-order valence-corrected chi connectivity index (χ2v) is 7.61. The van der Waals surface area contributed by atoms with Crippen LogP contribution in [0.1, 0.15) is 12.1 Å². The van der Waals surface area contributed by atoms with E-state index in [1.165, 1.54) is 0 Å². The van der Waals surface area contributed by atoms with Gasteiger partial charge in [-0.05, 0) is 24.5 Å². The van der Waals surface area contributed by atoms with Crippen LogP contribution in [0.3, 0.4) is 0 Å². The molecule has 0 aliphatic carbocycles. The molecule has 1 aliphatic rings. The van der Waals surface area contributed by atoms with Gasteiger partial charge in [0.25, 0.3) is 0 Å². The quantitative estimate of drug-likeness (QED) is 0.902. The lowest BCUT2D eigenvalue weighted by atomic mass is 10.1. The zero-order valence-corrected chi connectivity index (χ0v) is 12.3. The second-order valence-electron chi connectivity index (χ2n) is 4.94. The molecule has 0 amide bonds. The molecule has 2 rings (SSSR count). The molecular weight excluding hydrogens is 288 g/mol. The minimum atomic E-state index is -2.86. The van der Waals surface area contributed by atoms with Gasteiger partial charge in [-0.1, -0.05) is 11.6 Å². The highest BCUT2D eigenvalue weighted by atomic mass is 35.5. The summed E-state index contributed by atoms with van der Waals surface area (Å²) in [5.41, 5.74) is 0.508. The largest absolute Gasteiger partial charge is 0.390 e. The third-order valence-electron chi connectivity index (χ3n) is 3.24. The number of aliphatic hydroxyl groups excluding tert-OH is 1. The van der Waals surface area contributed by atoms with Crippen LogP contribution in [0, 0.1) is 5.92 Å². The number of anilines is 1. The minimum Gasteiger partial charge on any atom is -0.390 e. The lowest BCUT2D eigenvalue weighted by Crippen LogP contribution is -2.27. The zero-order valence-electron chi connectivity index (χ0n) is 10.7. The van der Waals surface area contributed by atoms with Crippen molar-refractivity contribution in [3.63, 3.8) is 0 Å². The lowest BCUT2D eigenvalue weighted by Gasteiger charge is -2.22. The maximum absolute atomic E-state index is 11.4. The third-order valence-corrected chi connectivity index (χ3v) is 5.30. The smallest absolute Gasteiger partial charge is 0.150 e. The fraction of sp³-hybridized carbons (Fsp3) is 0.583. The van der Waals surface area contributed by atoms with E-state index in [9.17, 15) is 8.42 Å². The number of sulfone groups is 1. The summed E-state index contributed by atoms with van der Waals surface area (Å²) in [6.45, 7) is 0.455. The molecule has 1 atom stereocenters. The summed E-state index contributed by atoms with van der Waals surface area (Å²) < 4.78 is 22.9. The Kier molecular flexibility index (Phi) is 4.32. The molecule has 1 N–H and O–H groups in total. The number of aliphatic hydroxyl groups is 1. The Morgan fingerprint density at radius 1 is 1.53 bits per heavy atom. The first-order valence-corrected chi connectivity index (χ1v) is 8.28. The molecular formula is C12H17ClN2O3S. The normalized spacial score (nSPS) is 21.5. The van der Waals surface area contributed by atoms with Crippen LogP contribution in [-0.2, 0) is 16.4 Å². The van der Waals surface area contributed by atoms with Gasteiger partial charge in [0.1, 0.15) is 5.82 Å². The fourth-order valence-electron chi connectivity index (χ4n) is 2.31. The molecule has 106 valence electrons. The third kappa shape index (κ3) is 3.81. The second kappa shape index (κ2) is 5.64. The molecule has 7 heteroatoms. The van der Waals surface area contributed by atoms with Gasteiger partial charge in [-0.3, -0.25) is 0 Å². The van der Waals surface area contributed by atoms with Crippen molar-refractivity contribution in [1.29, 1.82) is 0 Å². The monoisotopic (exact) mass is 304 g/mol. The zero-order chi connectivity index (χ0) is 14.0. The Hall–Kier alpha value is -0.850. The molecule has 1 aliphatic heterocycles. The highest BCUT2D eigenvalue weighted by molar-refractivity contribution is 7.91. The van der Waals surface area contributed by atoms with Crippen LogP contribution in [0.15, 0.2) is 12.1 Å². The lowest BCUT2D eigenvalue weighted by molar-refractivity contribution is 0.277. The van der Waals surface area contributed by atoms with Crippen LogP contribution in [0.25, 0.3) is 0 Å². The van der Waals surface area contributed by atoms with E-state index in [0.29, 0.717) is 29.5 Å². The molecule has 19 heavy (non-hydrogen) atoms. The van der Waals surface area contributed by atoms with Gasteiger partial charge in [-0.2, -0.15) is 0 Å². The summed E-state index contributed by atoms with van der Waals surface area (Å²) in [5.74, 6) is 1.30. The summed E-state index contributed by atoms with van der Waals surface area (Å²) in [4.78, 5) is 6.16. The first-order valence-electron chi connectivity index (χ1n) is 6.08. The Morgan fingerprint density at radius 3 is 2.84 bits per heavy atom. The fourth-order valence-corrected chi connectivity index (χ4v) is 4.38. The van der Waals surface area contributed by atoms with Crippen molar-refractivity contribution >= 4 is 27.3 Å². The van der Waals surface area contributed by atoms with Gasteiger partial charge in [-0.25, -0.2) is 13.4 Å². The van der Waals surface area contributed by atoms with Crippen LogP contribution in [0.4, 0.5) is 5.82 Å². The average molecular weight is 305 g/mol. The molecule has 0 saturated carbocycles. The highest BCUT2D eigenvalue weighted by Gasteiger charge is 2.28. The van der Waals surface area contributed by atoms with Gasteiger partial charge in [0, 0.05) is 18.6 Å². The van der Waals surface area contributed by atoms with Gasteiger partial charge in [0.05, 0.1) is 23.8 Å². The summed E-state index contributed by atoms with van der Waals surface area (Å²) in [6.07, 6.45) is 0.695. The van der Waals surface area contributed by atoms with Gasteiger partial charge in [-0.15, -0.1) is 0 Å². The van der Waals surface area contributed by atoms with Crippen molar-refractivity contribution in [1.82, 2.24) is 4.98 Å². The molecule has 0 aromatic carbocycles. The van der Waals surface area contributed by atoms with Gasteiger partial charge in [0.15, 0.2) is 9.84 Å². The maximum Gasteiger partial charge on any atom is 0.150 e. The number of nitrogens with zero attached hydrogens (tertiary/aromatic N) is 2. The van der Waals surface area contributed by atoms with Crippen molar-refractivity contribution in [3.05, 3.63) is 22.8 Å². The van der Waals surface area contributed by atoms with Crippen LogP contribution in [0.5, 0.6) is 0 Å². The van der Waals surface area contributed by atoms with E-state index in [2.05, 4.69) is 4.98 Å². The van der Waals surface area contributed by atoms with E-state index in [4.69, 9.17) is 16.7 Å². The van der Waals surface area contributed by atoms with Crippen LogP contribution >= 0.6 is 11.6 Å². The molecule has 1 saturated heterocycles. The molecule has 0 bridgehead atoms. The Labute approximate surface area is 118 Å². The Morgan fingerprint density at radius 2 is 2.26 bits per heavy atom. The number of halogens is 1. The first-order chi connectivity index (χ1) is 8.89. The summed E-state index contributed by atoms with van der Waals surface area (Å²) in [7, 11) is -1.01. The van der Waals surface area contributed by atoms with E-state index in [-0.39, 0.29) is 24.0 Å². The van der Waals surface area contributed by atoms with Crippen molar-refractivity contribution in [2.75, 3.05) is 30.0 Å². The average Bonchev–Trinajstić information content (AvgIpc) is 2.67. The number of hydrogen-bond donors (Lipinski definition) is 1. The standard InChI is InChI=1S/C12H17ClN2O3S/c1-15(6-9-2-3-19(17,18)8-9)12-5-10(13)4-11(7-16)14-12/h4-5,9,16H,2-3,6-8H2,1H3. The van der Waals surface area contributed by atoms with Crippen molar-refractivity contribution in [2.45, 2.75) is 13.0 Å². The number of rotatable bonds is 4. The maximum atomic E-state index is 11.4. The molecule has 2 heterocycles. The predicted octanol–water partition coefficient (Wildman–Crippen LogP) is 1.10. The predicted molar refractivity (Wildman–Crippen MR) is 75.2 cm³/mol. The van der Waals surface area contributed by atoms with Crippen LogP contribution < -0.4 is 4.90 Å². The number of hydrogen-bond acceptors (Lipinski definition) is 5. The highest BCUT2D eigenvalue weighted by Crippen LogP contribution is 2.23. The van der Waals surface area contributed by atoms with Crippen LogP contribution in [-0.4, -0.2) is 43.6 Å². The van der Waals surface area contributed by atoms with Crippen molar-refractivity contribution < 1.29 is 13.5 Å². The molecule has 1 fully saturated rings. The van der Waals surface area contributed by atoms with E-state index < -0.39 is 9.84 Å². The molecule has 0 radical (unpaired) electrons. The van der Waals surface area contributed by atoms with Crippen molar-refractivity contribution in [2.24, 2.45) is 5.92 Å². The van der Waals surface area contributed by atoms with E-state index in [1.54, 1.807) is 12.1 Å². The molecule has 1 unspecified atom stereocenters. The minimum absolute atomic E-state index is 0.133. The van der Waals surface area contributed by atoms with E-state index >= 15 is 0 Å². The van der Waals surface area contributed by atoms with E-state index in [0.717, 1.165) is 0 Å². The Bertz CT molecular complexity index is 562. The topological polar surface area (TPSA) is 70.5 Å². The van der Waals surface area contributed by atoms with Gasteiger partial charge in [0.2, 0.25) is 0 Å². The summed E-state index contributed by atoms with van der Waals surface area (Å²) in [5, 5.41) is 9.62. The van der Waals surface area contributed by atoms with Crippen molar-refractivity contribution in [3.8, 4) is 0 Å². The summed E-state index contributed by atoms with van der Waals surface area (Å²) >= 11 is 5.96. The first kappa shape index (κ1) is 14.6. The summed E-state index contributed by atoms with van der Waals surface area (Å²) in [6, 6.07) is 3.32. The molecule has 0 spiro atoms. The number of aromatic nitrogens is 1. The number of pyridine rings is 1. The van der Waals surface area contributed by atoms with Crippen LogP contribution in [0.2, 0.25) is 5.02 Å². The van der Waals surface area contributed by atoms with Gasteiger partial charge >= 0.3 is 0 Å². The molecule has 1 aromatic heterocycles. The Balaban J connectivity index is 2.08.